The summed E-state index contributed by atoms with van der Waals surface area (Å²) in [5.74, 6) is 0.524. The molecule has 1 heterocycles. The lowest BCUT2D eigenvalue weighted by Gasteiger charge is -2.42. The molecular weight excluding hydrogens is 266 g/mol. The van der Waals surface area contributed by atoms with Crippen LogP contribution in [0.15, 0.2) is 0 Å². The van der Waals surface area contributed by atoms with E-state index in [1.807, 2.05) is 12.1 Å². The molecule has 4 nitrogen and oxygen atoms in total. The van der Waals surface area contributed by atoms with E-state index in [4.69, 9.17) is 14.3 Å². The lowest BCUT2D eigenvalue weighted by Crippen LogP contribution is -2.39. The first-order chi connectivity index (χ1) is 9.91. The summed E-state index contributed by atoms with van der Waals surface area (Å²) < 4.78 is 12.3. The quantitative estimate of drug-likeness (QED) is 0.701. The molecule has 1 atom stereocenters. The van der Waals surface area contributed by atoms with Crippen molar-refractivity contribution < 1.29 is 14.3 Å². The van der Waals surface area contributed by atoms with Gasteiger partial charge in [-0.1, -0.05) is 27.2 Å². The van der Waals surface area contributed by atoms with Gasteiger partial charge in [0, 0.05) is 26.4 Å². The highest BCUT2D eigenvalue weighted by Gasteiger charge is 2.46. The summed E-state index contributed by atoms with van der Waals surface area (Å²) in [5.41, 5.74) is 0.445. The molecular formula is C17H33NO3. The van der Waals surface area contributed by atoms with Gasteiger partial charge in [-0.15, -0.1) is 0 Å². The van der Waals surface area contributed by atoms with Crippen LogP contribution in [0.2, 0.25) is 0 Å². The summed E-state index contributed by atoms with van der Waals surface area (Å²) in [6.07, 6.45) is 7.00. The van der Waals surface area contributed by atoms with Crippen LogP contribution in [0.25, 0.3) is 0 Å². The molecule has 4 heteroatoms. The van der Waals surface area contributed by atoms with E-state index in [9.17, 15) is 0 Å². The smallest absolute Gasteiger partial charge is 0.168 e. The molecule has 2 fully saturated rings. The van der Waals surface area contributed by atoms with Gasteiger partial charge in [0.05, 0.1) is 19.8 Å². The average Bonchev–Trinajstić information content (AvgIpc) is 2.88. The van der Waals surface area contributed by atoms with E-state index in [0.717, 1.165) is 38.3 Å². The molecule has 2 rings (SSSR count). The average molecular weight is 299 g/mol. The third kappa shape index (κ3) is 4.19. The van der Waals surface area contributed by atoms with Gasteiger partial charge in [0.15, 0.2) is 5.79 Å². The van der Waals surface area contributed by atoms with Crippen LogP contribution in [0, 0.1) is 11.3 Å². The molecule has 21 heavy (non-hydrogen) atoms. The second kappa shape index (κ2) is 6.95. The highest BCUT2D eigenvalue weighted by molar-refractivity contribution is 4.89. The lowest BCUT2D eigenvalue weighted by atomic mass is 9.68. The van der Waals surface area contributed by atoms with E-state index < -0.39 is 0 Å². The van der Waals surface area contributed by atoms with E-state index >= 15 is 0 Å². The van der Waals surface area contributed by atoms with Gasteiger partial charge in [-0.25, -0.2) is 0 Å². The van der Waals surface area contributed by atoms with Crippen LogP contribution in [-0.4, -0.2) is 44.3 Å². The van der Waals surface area contributed by atoms with E-state index in [1.165, 1.54) is 19.3 Å². The molecule has 1 unspecified atom stereocenters. The van der Waals surface area contributed by atoms with Crippen LogP contribution < -0.4 is 0 Å². The molecule has 1 saturated carbocycles. The Labute approximate surface area is 130 Å². The van der Waals surface area contributed by atoms with Gasteiger partial charge in [0.2, 0.25) is 0 Å². The van der Waals surface area contributed by atoms with Crippen LogP contribution in [0.3, 0.4) is 0 Å². The first kappa shape index (κ1) is 17.2. The molecule has 0 aromatic carbocycles. The van der Waals surface area contributed by atoms with E-state index in [2.05, 4.69) is 20.8 Å². The highest BCUT2D eigenvalue weighted by atomic mass is 16.7. The summed E-state index contributed by atoms with van der Waals surface area (Å²) in [6.45, 7) is 8.71. The molecule has 1 aliphatic heterocycles. The Hall–Kier alpha value is -0.160. The minimum Gasteiger partial charge on any atom is -0.347 e. The fraction of sp³-hybridized carbons (Fsp3) is 1.00. The molecule has 0 bridgehead atoms. The Bertz CT molecular complexity index is 324. The van der Waals surface area contributed by atoms with Crippen LogP contribution in [0.4, 0.5) is 0 Å². The SMILES string of the molecule is CCC(C)(C)C1CCC2(CC1)OCC(CCN(C)OC)O2. The van der Waals surface area contributed by atoms with Crippen molar-refractivity contribution in [2.45, 2.75) is 71.2 Å². The summed E-state index contributed by atoms with van der Waals surface area (Å²) in [6, 6.07) is 0. The first-order valence-corrected chi connectivity index (χ1v) is 8.48. The Morgan fingerprint density at radius 1 is 1.29 bits per heavy atom. The van der Waals surface area contributed by atoms with Gasteiger partial charge in [-0.2, -0.15) is 5.06 Å². The maximum Gasteiger partial charge on any atom is 0.168 e. The monoisotopic (exact) mass is 299 g/mol. The van der Waals surface area contributed by atoms with Crippen molar-refractivity contribution in [3.8, 4) is 0 Å². The van der Waals surface area contributed by atoms with Crippen LogP contribution >= 0.6 is 0 Å². The predicted octanol–water partition coefficient (Wildman–Crippen LogP) is 3.61. The van der Waals surface area contributed by atoms with Gasteiger partial charge in [0.1, 0.15) is 0 Å². The van der Waals surface area contributed by atoms with Gasteiger partial charge in [0.25, 0.3) is 0 Å². The van der Waals surface area contributed by atoms with Crippen molar-refractivity contribution >= 4 is 0 Å². The maximum atomic E-state index is 6.27. The summed E-state index contributed by atoms with van der Waals surface area (Å²) in [7, 11) is 3.65. The molecule has 0 aromatic heterocycles. The zero-order chi connectivity index (χ0) is 15.5. The lowest BCUT2D eigenvalue weighted by molar-refractivity contribution is -0.199. The Morgan fingerprint density at radius 3 is 2.52 bits per heavy atom. The van der Waals surface area contributed by atoms with Crippen molar-refractivity contribution in [3.05, 3.63) is 0 Å². The molecule has 1 aliphatic carbocycles. The molecule has 0 amide bonds. The third-order valence-corrected chi connectivity index (χ3v) is 5.76. The van der Waals surface area contributed by atoms with Crippen molar-refractivity contribution in [1.29, 1.82) is 0 Å². The van der Waals surface area contributed by atoms with E-state index in [0.29, 0.717) is 5.41 Å². The number of hydrogen-bond acceptors (Lipinski definition) is 4. The zero-order valence-corrected chi connectivity index (χ0v) is 14.5. The number of ether oxygens (including phenoxy) is 2. The van der Waals surface area contributed by atoms with Gasteiger partial charge >= 0.3 is 0 Å². The summed E-state index contributed by atoms with van der Waals surface area (Å²) in [5, 5.41) is 1.84. The minimum absolute atomic E-state index is 0.221. The zero-order valence-electron chi connectivity index (χ0n) is 14.5. The van der Waals surface area contributed by atoms with Crippen LogP contribution in [0.1, 0.15) is 59.3 Å². The first-order valence-electron chi connectivity index (χ1n) is 8.48. The second-order valence-corrected chi connectivity index (χ2v) is 7.40. The fourth-order valence-corrected chi connectivity index (χ4v) is 3.57. The third-order valence-electron chi connectivity index (χ3n) is 5.76. The van der Waals surface area contributed by atoms with E-state index in [-0.39, 0.29) is 11.9 Å². The largest absolute Gasteiger partial charge is 0.347 e. The normalized spacial score (nSPS) is 34.0. The minimum atomic E-state index is -0.281. The molecule has 124 valence electrons. The maximum absolute atomic E-state index is 6.27. The number of hydroxylamine groups is 2. The predicted molar refractivity (Wildman–Crippen MR) is 83.8 cm³/mol. The fourth-order valence-electron chi connectivity index (χ4n) is 3.57. The standard InChI is InChI=1S/C17H33NO3/c1-6-16(2,3)14-7-10-17(11-8-14)20-13-15(21-17)9-12-18(4)19-5/h14-15H,6-13H2,1-5H3. The van der Waals surface area contributed by atoms with Gasteiger partial charge < -0.3 is 14.3 Å². The Balaban J connectivity index is 1.79. The molecule has 0 N–H and O–H groups in total. The van der Waals surface area contributed by atoms with Crippen molar-refractivity contribution in [2.24, 2.45) is 11.3 Å². The molecule has 0 radical (unpaired) electrons. The summed E-state index contributed by atoms with van der Waals surface area (Å²) in [4.78, 5) is 5.15. The summed E-state index contributed by atoms with van der Waals surface area (Å²) >= 11 is 0. The number of hydrogen-bond donors (Lipinski definition) is 0. The van der Waals surface area contributed by atoms with Crippen LogP contribution in [-0.2, 0) is 14.3 Å². The molecule has 1 spiro atoms. The van der Waals surface area contributed by atoms with Gasteiger partial charge in [-0.3, -0.25) is 0 Å². The molecule has 0 aromatic rings. The van der Waals surface area contributed by atoms with Crippen molar-refractivity contribution in [2.75, 3.05) is 27.3 Å². The van der Waals surface area contributed by atoms with Crippen LogP contribution in [0.5, 0.6) is 0 Å². The molecule has 2 aliphatic rings. The Kier molecular flexibility index (Phi) is 5.69. The van der Waals surface area contributed by atoms with E-state index in [1.54, 1.807) is 7.11 Å². The van der Waals surface area contributed by atoms with Crippen molar-refractivity contribution in [3.63, 3.8) is 0 Å². The number of nitrogens with zero attached hydrogens (tertiary/aromatic N) is 1. The Morgan fingerprint density at radius 2 is 1.95 bits per heavy atom. The topological polar surface area (TPSA) is 30.9 Å². The highest BCUT2D eigenvalue weighted by Crippen LogP contribution is 2.47. The molecule has 1 saturated heterocycles. The van der Waals surface area contributed by atoms with Crippen molar-refractivity contribution in [1.82, 2.24) is 5.06 Å². The van der Waals surface area contributed by atoms with Gasteiger partial charge in [-0.05, 0) is 30.6 Å². The number of rotatable bonds is 6. The second-order valence-electron chi connectivity index (χ2n) is 7.40.